The molecule has 1 saturated heterocycles. The number of anilines is 1. The van der Waals surface area contributed by atoms with E-state index in [1.807, 2.05) is 6.92 Å². The van der Waals surface area contributed by atoms with Gasteiger partial charge in [0, 0.05) is 19.1 Å². The summed E-state index contributed by atoms with van der Waals surface area (Å²) in [5, 5.41) is 1.01. The molecule has 0 N–H and O–H groups in total. The molecule has 1 aromatic rings. The number of nitrogens with zero attached hydrogens (tertiary/aromatic N) is 3. The molecule has 1 aromatic heterocycles. The third-order valence-corrected chi connectivity index (χ3v) is 4.67. The maximum absolute atomic E-state index is 10.9. The van der Waals surface area contributed by atoms with Gasteiger partial charge in [-0.1, -0.05) is 18.3 Å². The largest absolute Gasteiger partial charge is 0.344 e. The highest BCUT2D eigenvalue weighted by Gasteiger charge is 2.24. The van der Waals surface area contributed by atoms with E-state index >= 15 is 0 Å². The van der Waals surface area contributed by atoms with Crippen LogP contribution < -0.4 is 4.90 Å². The number of likely N-dealkylation sites (N-methyl/N-ethyl adjacent to an activating group) is 1. The molecular formula is C13H21N3OS. The maximum atomic E-state index is 10.9. The second-order valence-corrected chi connectivity index (χ2v) is 5.94. The van der Waals surface area contributed by atoms with Gasteiger partial charge in [0.15, 0.2) is 11.4 Å². The fourth-order valence-electron chi connectivity index (χ4n) is 2.47. The molecule has 100 valence electrons. The molecule has 1 unspecified atom stereocenters. The minimum atomic E-state index is 0.502. The van der Waals surface area contributed by atoms with Gasteiger partial charge in [-0.15, -0.1) is 0 Å². The van der Waals surface area contributed by atoms with Crippen LogP contribution in [0.2, 0.25) is 0 Å². The van der Waals surface area contributed by atoms with E-state index < -0.39 is 0 Å². The zero-order chi connectivity index (χ0) is 13.1. The number of hydrogen-bond acceptors (Lipinski definition) is 5. The van der Waals surface area contributed by atoms with Gasteiger partial charge in [-0.2, -0.15) is 0 Å². The summed E-state index contributed by atoms with van der Waals surface area (Å²) in [7, 11) is 2.18. The highest BCUT2D eigenvalue weighted by molar-refractivity contribution is 7.17. The van der Waals surface area contributed by atoms with Crippen LogP contribution in [0, 0.1) is 6.92 Å². The number of aryl methyl sites for hydroxylation is 1. The maximum Gasteiger partial charge on any atom is 0.186 e. The Hall–Kier alpha value is -0.940. The molecule has 2 heterocycles. The second-order valence-electron chi connectivity index (χ2n) is 4.94. The van der Waals surface area contributed by atoms with Gasteiger partial charge >= 0.3 is 0 Å². The van der Waals surface area contributed by atoms with Crippen molar-refractivity contribution >= 4 is 22.8 Å². The van der Waals surface area contributed by atoms with Crippen LogP contribution in [-0.4, -0.2) is 48.9 Å². The molecule has 1 aliphatic heterocycles. The van der Waals surface area contributed by atoms with E-state index in [-0.39, 0.29) is 0 Å². The lowest BCUT2D eigenvalue weighted by molar-refractivity contribution is 0.112. The SMILES string of the molecule is CCC1CN(C)CCCN1c1nc(C)c(C=O)s1. The molecule has 0 radical (unpaired) electrons. The zero-order valence-electron chi connectivity index (χ0n) is 11.3. The number of carbonyl (C=O) groups excluding carboxylic acids is 1. The van der Waals surface area contributed by atoms with Crippen molar-refractivity contribution in [3.8, 4) is 0 Å². The van der Waals surface area contributed by atoms with E-state index in [2.05, 4.69) is 28.8 Å². The molecule has 2 rings (SSSR count). The van der Waals surface area contributed by atoms with E-state index in [1.54, 1.807) is 0 Å². The summed E-state index contributed by atoms with van der Waals surface area (Å²) < 4.78 is 0. The first-order valence-corrected chi connectivity index (χ1v) is 7.35. The standard InChI is InChI=1S/C13H21N3OS/c1-4-11-8-15(3)6-5-7-16(11)13-14-10(2)12(9-17)18-13/h9,11H,4-8H2,1-3H3. The number of hydrogen-bond donors (Lipinski definition) is 0. The molecule has 0 bridgehead atoms. The van der Waals surface area contributed by atoms with Gasteiger partial charge in [0.25, 0.3) is 0 Å². The van der Waals surface area contributed by atoms with Crippen LogP contribution in [0.5, 0.6) is 0 Å². The fourth-order valence-corrected chi connectivity index (χ4v) is 3.45. The summed E-state index contributed by atoms with van der Waals surface area (Å²) in [4.78, 5) is 21.0. The van der Waals surface area contributed by atoms with Crippen LogP contribution in [-0.2, 0) is 0 Å². The quantitative estimate of drug-likeness (QED) is 0.787. The normalized spacial score (nSPS) is 21.9. The molecule has 1 aliphatic rings. The molecule has 0 amide bonds. The lowest BCUT2D eigenvalue weighted by Crippen LogP contribution is -2.39. The number of thiazole rings is 1. The third kappa shape index (κ3) is 2.72. The highest BCUT2D eigenvalue weighted by Crippen LogP contribution is 2.28. The van der Waals surface area contributed by atoms with Gasteiger partial charge in [0.2, 0.25) is 0 Å². The summed E-state index contributed by atoms with van der Waals surface area (Å²) in [6.07, 6.45) is 3.18. The first-order valence-electron chi connectivity index (χ1n) is 6.53. The molecule has 5 heteroatoms. The Morgan fingerprint density at radius 1 is 1.50 bits per heavy atom. The van der Waals surface area contributed by atoms with Crippen LogP contribution >= 0.6 is 11.3 Å². The number of aldehydes is 1. The average molecular weight is 267 g/mol. The van der Waals surface area contributed by atoms with Gasteiger partial charge in [-0.25, -0.2) is 4.98 Å². The minimum Gasteiger partial charge on any atom is -0.344 e. The number of rotatable bonds is 3. The first-order chi connectivity index (χ1) is 8.65. The minimum absolute atomic E-state index is 0.502. The van der Waals surface area contributed by atoms with Crippen molar-refractivity contribution < 1.29 is 4.79 Å². The molecule has 18 heavy (non-hydrogen) atoms. The molecule has 0 saturated carbocycles. The molecule has 0 aromatic carbocycles. The Morgan fingerprint density at radius 3 is 2.89 bits per heavy atom. The summed E-state index contributed by atoms with van der Waals surface area (Å²) in [5.41, 5.74) is 0.859. The average Bonchev–Trinajstić information content (AvgIpc) is 2.62. The molecular weight excluding hydrogens is 246 g/mol. The first kappa shape index (κ1) is 13.5. The van der Waals surface area contributed by atoms with Gasteiger partial charge in [-0.3, -0.25) is 4.79 Å². The lowest BCUT2D eigenvalue weighted by atomic mass is 10.2. The summed E-state index contributed by atoms with van der Waals surface area (Å²) in [6, 6.07) is 0.502. The molecule has 1 atom stereocenters. The van der Waals surface area contributed by atoms with Crippen molar-refractivity contribution in [1.29, 1.82) is 0 Å². The van der Waals surface area contributed by atoms with Crippen molar-refractivity contribution in [2.75, 3.05) is 31.6 Å². The van der Waals surface area contributed by atoms with Crippen molar-refractivity contribution in [3.05, 3.63) is 10.6 Å². The van der Waals surface area contributed by atoms with Crippen molar-refractivity contribution in [2.45, 2.75) is 32.7 Å². The number of aromatic nitrogens is 1. The van der Waals surface area contributed by atoms with Crippen LogP contribution in [0.1, 0.15) is 35.1 Å². The predicted molar refractivity (Wildman–Crippen MR) is 75.8 cm³/mol. The van der Waals surface area contributed by atoms with Crippen molar-refractivity contribution in [3.63, 3.8) is 0 Å². The van der Waals surface area contributed by atoms with E-state index in [0.29, 0.717) is 6.04 Å². The van der Waals surface area contributed by atoms with Crippen LogP contribution in [0.25, 0.3) is 0 Å². The Balaban J connectivity index is 2.25. The Labute approximate surface area is 113 Å². The van der Waals surface area contributed by atoms with E-state index in [9.17, 15) is 4.79 Å². The van der Waals surface area contributed by atoms with E-state index in [4.69, 9.17) is 0 Å². The number of carbonyl (C=O) groups is 1. The van der Waals surface area contributed by atoms with Gasteiger partial charge in [0.1, 0.15) is 0 Å². The summed E-state index contributed by atoms with van der Waals surface area (Å²) in [6.45, 7) is 7.38. The Kier molecular flexibility index (Phi) is 4.35. The third-order valence-electron chi connectivity index (χ3n) is 3.55. The van der Waals surface area contributed by atoms with E-state index in [1.165, 1.54) is 11.3 Å². The molecule has 4 nitrogen and oxygen atoms in total. The molecule has 0 aliphatic carbocycles. The zero-order valence-corrected chi connectivity index (χ0v) is 12.2. The Bertz CT molecular complexity index is 418. The monoisotopic (exact) mass is 267 g/mol. The van der Waals surface area contributed by atoms with Crippen LogP contribution in [0.4, 0.5) is 5.13 Å². The van der Waals surface area contributed by atoms with E-state index in [0.717, 1.165) is 54.5 Å². The van der Waals surface area contributed by atoms with Gasteiger partial charge in [-0.05, 0) is 33.4 Å². The van der Waals surface area contributed by atoms with Crippen molar-refractivity contribution in [2.24, 2.45) is 0 Å². The van der Waals surface area contributed by atoms with Crippen molar-refractivity contribution in [1.82, 2.24) is 9.88 Å². The fraction of sp³-hybridized carbons (Fsp3) is 0.692. The summed E-state index contributed by atoms with van der Waals surface area (Å²) >= 11 is 1.52. The molecule has 0 spiro atoms. The predicted octanol–water partition coefficient (Wildman–Crippen LogP) is 2.18. The topological polar surface area (TPSA) is 36.4 Å². The van der Waals surface area contributed by atoms with Crippen LogP contribution in [0.15, 0.2) is 0 Å². The smallest absolute Gasteiger partial charge is 0.186 e. The summed E-state index contributed by atoms with van der Waals surface area (Å²) in [5.74, 6) is 0. The van der Waals surface area contributed by atoms with Gasteiger partial charge in [0.05, 0.1) is 10.6 Å². The highest BCUT2D eigenvalue weighted by atomic mass is 32.1. The second kappa shape index (κ2) is 5.80. The molecule has 1 fully saturated rings. The van der Waals surface area contributed by atoms with Crippen LogP contribution in [0.3, 0.4) is 0 Å². The lowest BCUT2D eigenvalue weighted by Gasteiger charge is -2.29. The van der Waals surface area contributed by atoms with Gasteiger partial charge < -0.3 is 9.80 Å². The Morgan fingerprint density at radius 2 is 2.28 bits per heavy atom.